The Labute approximate surface area is 107 Å². The summed E-state index contributed by atoms with van der Waals surface area (Å²) in [5.41, 5.74) is -0.499. The first-order valence-electron chi connectivity index (χ1n) is 6.20. The fourth-order valence-electron chi connectivity index (χ4n) is 2.24. The molecule has 1 saturated heterocycles. The molecule has 0 aromatic carbocycles. The number of methoxy groups -OCH3 is 1. The third-order valence-electron chi connectivity index (χ3n) is 3.29. The summed E-state index contributed by atoms with van der Waals surface area (Å²) in [5.74, 6) is -1.10. The molecule has 18 heavy (non-hydrogen) atoms. The van der Waals surface area contributed by atoms with Gasteiger partial charge in [-0.3, -0.25) is 9.59 Å². The number of ether oxygens (including phenoxy) is 1. The van der Waals surface area contributed by atoms with Gasteiger partial charge in [-0.15, -0.1) is 0 Å². The first kappa shape index (κ1) is 14.9. The molecule has 0 aromatic rings. The second kappa shape index (κ2) is 6.70. The van der Waals surface area contributed by atoms with E-state index in [0.717, 1.165) is 19.4 Å². The highest BCUT2D eigenvalue weighted by Crippen LogP contribution is 2.27. The molecule has 1 aliphatic heterocycles. The molecule has 2 N–H and O–H groups in total. The molecule has 0 aliphatic carbocycles. The topological polar surface area (TPSA) is 78.9 Å². The third-order valence-corrected chi connectivity index (χ3v) is 3.29. The van der Waals surface area contributed by atoms with E-state index in [9.17, 15) is 9.59 Å². The van der Waals surface area contributed by atoms with Crippen LogP contribution < -0.4 is 5.32 Å². The maximum absolute atomic E-state index is 12.4. The predicted molar refractivity (Wildman–Crippen MR) is 66.3 cm³/mol. The van der Waals surface area contributed by atoms with Crippen molar-refractivity contribution in [2.75, 3.05) is 39.9 Å². The van der Waals surface area contributed by atoms with E-state index in [4.69, 9.17) is 9.84 Å². The normalized spacial score (nSPS) is 23.7. The van der Waals surface area contributed by atoms with E-state index >= 15 is 0 Å². The molecular formula is C12H22N2O4. The van der Waals surface area contributed by atoms with Crippen LogP contribution in [-0.4, -0.2) is 61.8 Å². The number of carbonyl (C=O) groups excluding carboxylic acids is 1. The number of nitrogens with zero attached hydrogens (tertiary/aromatic N) is 1. The number of carboxylic acid groups (broad SMARTS) is 1. The van der Waals surface area contributed by atoms with E-state index in [-0.39, 0.29) is 12.5 Å². The minimum atomic E-state index is -0.994. The summed E-state index contributed by atoms with van der Waals surface area (Å²) in [5, 5.41) is 12.1. The van der Waals surface area contributed by atoms with Crippen molar-refractivity contribution in [3.8, 4) is 0 Å². The zero-order valence-electron chi connectivity index (χ0n) is 11.1. The lowest BCUT2D eigenvalue weighted by Gasteiger charge is -2.36. The van der Waals surface area contributed by atoms with E-state index in [1.807, 2.05) is 6.92 Å². The van der Waals surface area contributed by atoms with E-state index in [1.54, 1.807) is 0 Å². The molecule has 1 heterocycles. The van der Waals surface area contributed by atoms with E-state index in [2.05, 4.69) is 5.32 Å². The van der Waals surface area contributed by atoms with Crippen molar-refractivity contribution >= 4 is 11.9 Å². The van der Waals surface area contributed by atoms with Gasteiger partial charge in [-0.1, -0.05) is 0 Å². The minimum absolute atomic E-state index is 0.103. The molecule has 0 saturated carbocycles. The van der Waals surface area contributed by atoms with Gasteiger partial charge in [-0.2, -0.15) is 0 Å². The lowest BCUT2D eigenvalue weighted by atomic mass is 9.81. The van der Waals surface area contributed by atoms with Crippen LogP contribution in [0.1, 0.15) is 19.8 Å². The van der Waals surface area contributed by atoms with Crippen LogP contribution in [-0.2, 0) is 14.3 Å². The molecule has 1 atom stereocenters. The summed E-state index contributed by atoms with van der Waals surface area (Å²) >= 11 is 0. The number of carboxylic acids is 1. The quantitative estimate of drug-likeness (QED) is 0.697. The zero-order chi connectivity index (χ0) is 13.6. The Kier molecular flexibility index (Phi) is 5.55. The van der Waals surface area contributed by atoms with Gasteiger partial charge >= 0.3 is 5.97 Å². The van der Waals surface area contributed by atoms with Crippen molar-refractivity contribution in [3.63, 3.8) is 0 Å². The van der Waals surface area contributed by atoms with Crippen LogP contribution in [0.25, 0.3) is 0 Å². The predicted octanol–water partition coefficient (Wildman–Crippen LogP) is -0.0643. The van der Waals surface area contributed by atoms with E-state index in [1.165, 1.54) is 12.0 Å². The van der Waals surface area contributed by atoms with Crippen molar-refractivity contribution < 1.29 is 19.4 Å². The van der Waals surface area contributed by atoms with E-state index in [0.29, 0.717) is 19.7 Å². The van der Waals surface area contributed by atoms with Gasteiger partial charge in [0.2, 0.25) is 5.91 Å². The van der Waals surface area contributed by atoms with Gasteiger partial charge < -0.3 is 20.1 Å². The first-order valence-corrected chi connectivity index (χ1v) is 6.20. The molecule has 6 heteroatoms. The van der Waals surface area contributed by atoms with Gasteiger partial charge in [-0.25, -0.2) is 0 Å². The summed E-state index contributed by atoms with van der Waals surface area (Å²) in [4.78, 5) is 24.6. The fraction of sp³-hybridized carbons (Fsp3) is 0.833. The van der Waals surface area contributed by atoms with Gasteiger partial charge in [-0.05, 0) is 26.3 Å². The molecule has 1 fully saturated rings. The Hall–Kier alpha value is -1.14. The minimum Gasteiger partial charge on any atom is -0.480 e. The lowest BCUT2D eigenvalue weighted by molar-refractivity contribution is -0.150. The van der Waals surface area contributed by atoms with Gasteiger partial charge in [0.05, 0.1) is 12.0 Å². The third kappa shape index (κ3) is 3.96. The molecule has 6 nitrogen and oxygen atoms in total. The average molecular weight is 258 g/mol. The SMILES string of the molecule is COCCN(CC(=O)O)C(=O)C1(C)CCCNC1. The highest BCUT2D eigenvalue weighted by atomic mass is 16.5. The van der Waals surface area contributed by atoms with Crippen molar-refractivity contribution in [1.29, 1.82) is 0 Å². The van der Waals surface area contributed by atoms with Crippen molar-refractivity contribution in [1.82, 2.24) is 10.2 Å². The zero-order valence-corrected chi connectivity index (χ0v) is 11.1. The molecule has 104 valence electrons. The second-order valence-electron chi connectivity index (χ2n) is 4.95. The number of piperidine rings is 1. The Balaban J connectivity index is 2.69. The lowest BCUT2D eigenvalue weighted by Crippen LogP contribution is -2.52. The second-order valence-corrected chi connectivity index (χ2v) is 4.95. The van der Waals surface area contributed by atoms with Crippen LogP contribution in [0, 0.1) is 5.41 Å². The van der Waals surface area contributed by atoms with E-state index < -0.39 is 11.4 Å². The summed E-state index contributed by atoms with van der Waals surface area (Å²) in [6.45, 7) is 3.81. The van der Waals surface area contributed by atoms with Crippen LogP contribution in [0.3, 0.4) is 0 Å². The smallest absolute Gasteiger partial charge is 0.323 e. The molecule has 1 amide bonds. The molecule has 0 aromatic heterocycles. The number of hydrogen-bond donors (Lipinski definition) is 2. The summed E-state index contributed by atoms with van der Waals surface area (Å²) in [6.07, 6.45) is 1.73. The number of amides is 1. The van der Waals surface area contributed by atoms with Crippen molar-refractivity contribution in [3.05, 3.63) is 0 Å². The number of carbonyl (C=O) groups is 2. The molecule has 1 unspecified atom stereocenters. The monoisotopic (exact) mass is 258 g/mol. The van der Waals surface area contributed by atoms with Gasteiger partial charge in [0, 0.05) is 20.2 Å². The average Bonchev–Trinajstić information content (AvgIpc) is 2.34. The highest BCUT2D eigenvalue weighted by Gasteiger charge is 2.38. The summed E-state index contributed by atoms with van der Waals surface area (Å²) in [6, 6.07) is 0. The number of hydrogen-bond acceptors (Lipinski definition) is 4. The molecular weight excluding hydrogens is 236 g/mol. The van der Waals surface area contributed by atoms with Crippen molar-refractivity contribution in [2.45, 2.75) is 19.8 Å². The maximum atomic E-state index is 12.4. The Morgan fingerprint density at radius 2 is 2.22 bits per heavy atom. The van der Waals surface area contributed by atoms with Gasteiger partial charge in [0.15, 0.2) is 0 Å². The van der Waals surface area contributed by atoms with Crippen LogP contribution in [0.4, 0.5) is 0 Å². The van der Waals surface area contributed by atoms with Crippen molar-refractivity contribution in [2.24, 2.45) is 5.41 Å². The Bertz CT molecular complexity index is 300. The highest BCUT2D eigenvalue weighted by molar-refractivity contribution is 5.86. The maximum Gasteiger partial charge on any atom is 0.323 e. The summed E-state index contributed by atoms with van der Waals surface area (Å²) < 4.78 is 4.92. The Morgan fingerprint density at radius 1 is 1.50 bits per heavy atom. The van der Waals surface area contributed by atoms with Crippen LogP contribution in [0.5, 0.6) is 0 Å². The van der Waals surface area contributed by atoms with Gasteiger partial charge in [0.1, 0.15) is 6.54 Å². The van der Waals surface area contributed by atoms with Gasteiger partial charge in [0.25, 0.3) is 0 Å². The molecule has 0 radical (unpaired) electrons. The largest absolute Gasteiger partial charge is 0.480 e. The molecule has 0 bridgehead atoms. The van der Waals surface area contributed by atoms with Crippen LogP contribution in [0.15, 0.2) is 0 Å². The Morgan fingerprint density at radius 3 is 2.72 bits per heavy atom. The van der Waals surface area contributed by atoms with Crippen LogP contribution in [0.2, 0.25) is 0 Å². The fourth-order valence-corrected chi connectivity index (χ4v) is 2.24. The molecule has 1 rings (SSSR count). The molecule has 0 spiro atoms. The standard InChI is InChI=1S/C12H22N2O4/c1-12(4-3-5-13-9-12)11(17)14(6-7-18-2)8-10(15)16/h13H,3-9H2,1-2H3,(H,15,16). The number of aliphatic carboxylic acids is 1. The number of nitrogens with one attached hydrogen (secondary N) is 1. The van der Waals surface area contributed by atoms with Crippen LogP contribution >= 0.6 is 0 Å². The number of rotatable bonds is 6. The molecule has 1 aliphatic rings. The summed E-state index contributed by atoms with van der Waals surface area (Å²) in [7, 11) is 1.54. The first-order chi connectivity index (χ1) is 8.49.